The van der Waals surface area contributed by atoms with Gasteiger partial charge in [0.2, 0.25) is 5.91 Å². The summed E-state index contributed by atoms with van der Waals surface area (Å²) in [4.78, 5) is 14.5. The molecule has 2 nitrogen and oxygen atoms in total. The molecule has 1 aliphatic heterocycles. The van der Waals surface area contributed by atoms with E-state index in [1.165, 1.54) is 11.1 Å². The number of benzene rings is 2. The van der Waals surface area contributed by atoms with E-state index in [2.05, 4.69) is 43.3 Å². The molecule has 1 aliphatic rings. The summed E-state index contributed by atoms with van der Waals surface area (Å²) < 4.78 is 0. The first kappa shape index (κ1) is 14.8. The summed E-state index contributed by atoms with van der Waals surface area (Å²) in [5.74, 6) is 0.286. The Morgan fingerprint density at radius 3 is 2.14 bits per heavy atom. The number of rotatable bonds is 4. The van der Waals surface area contributed by atoms with Crippen LogP contribution in [0.15, 0.2) is 60.7 Å². The zero-order valence-electron chi connectivity index (χ0n) is 13.2. The maximum Gasteiger partial charge on any atom is 0.223 e. The standard InChI is InChI=1S/C20H23NO/c1-20(14-17-8-4-2-5-9-17)12-13-21(19(22)15-20)16-18-10-6-3-7-11-18/h2-11H,12-16H2,1H3. The van der Waals surface area contributed by atoms with Gasteiger partial charge in [-0.25, -0.2) is 0 Å². The Balaban J connectivity index is 1.63. The lowest BCUT2D eigenvalue weighted by atomic mass is 9.75. The Bertz CT molecular complexity index is 623. The van der Waals surface area contributed by atoms with Gasteiger partial charge in [0.15, 0.2) is 0 Å². The van der Waals surface area contributed by atoms with Gasteiger partial charge in [-0.1, -0.05) is 67.6 Å². The van der Waals surface area contributed by atoms with Crippen LogP contribution in [0.3, 0.4) is 0 Å². The Hall–Kier alpha value is -2.09. The molecule has 1 heterocycles. The molecule has 2 aromatic rings. The largest absolute Gasteiger partial charge is 0.338 e. The van der Waals surface area contributed by atoms with Gasteiger partial charge in [-0.2, -0.15) is 0 Å². The maximum atomic E-state index is 12.5. The van der Waals surface area contributed by atoms with E-state index in [4.69, 9.17) is 0 Å². The number of carbonyl (C=O) groups is 1. The van der Waals surface area contributed by atoms with Crippen LogP contribution < -0.4 is 0 Å². The van der Waals surface area contributed by atoms with Crippen LogP contribution in [0.5, 0.6) is 0 Å². The normalized spacial score (nSPS) is 21.9. The molecule has 22 heavy (non-hydrogen) atoms. The summed E-state index contributed by atoms with van der Waals surface area (Å²) in [5.41, 5.74) is 2.63. The number of carbonyl (C=O) groups excluding carboxylic acids is 1. The summed E-state index contributed by atoms with van der Waals surface area (Å²) in [6.45, 7) is 3.84. The minimum Gasteiger partial charge on any atom is -0.338 e. The highest BCUT2D eigenvalue weighted by Gasteiger charge is 2.35. The maximum absolute atomic E-state index is 12.5. The van der Waals surface area contributed by atoms with Crippen molar-refractivity contribution in [1.82, 2.24) is 4.90 Å². The van der Waals surface area contributed by atoms with Crippen molar-refractivity contribution in [3.63, 3.8) is 0 Å². The van der Waals surface area contributed by atoms with Gasteiger partial charge in [-0.15, -0.1) is 0 Å². The predicted octanol–water partition coefficient (Wildman–Crippen LogP) is 4.06. The lowest BCUT2D eigenvalue weighted by Crippen LogP contribution is -2.43. The summed E-state index contributed by atoms with van der Waals surface area (Å²) in [6.07, 6.45) is 2.70. The second kappa shape index (κ2) is 6.35. The summed E-state index contributed by atoms with van der Waals surface area (Å²) >= 11 is 0. The van der Waals surface area contributed by atoms with Crippen molar-refractivity contribution in [2.75, 3.05) is 6.54 Å². The van der Waals surface area contributed by atoms with Crippen molar-refractivity contribution in [3.05, 3.63) is 71.8 Å². The van der Waals surface area contributed by atoms with Gasteiger partial charge in [-0.3, -0.25) is 4.79 Å². The molecule has 1 saturated heterocycles. The number of hydrogen-bond donors (Lipinski definition) is 0. The number of piperidine rings is 1. The van der Waals surface area contributed by atoms with Crippen LogP contribution in [0.4, 0.5) is 0 Å². The number of amides is 1. The minimum atomic E-state index is 0.0889. The Labute approximate surface area is 132 Å². The molecule has 114 valence electrons. The highest BCUT2D eigenvalue weighted by Crippen LogP contribution is 2.35. The van der Waals surface area contributed by atoms with Gasteiger partial charge in [0, 0.05) is 19.5 Å². The van der Waals surface area contributed by atoms with Crippen molar-refractivity contribution in [3.8, 4) is 0 Å². The Morgan fingerprint density at radius 2 is 1.55 bits per heavy atom. The minimum absolute atomic E-state index is 0.0889. The summed E-state index contributed by atoms with van der Waals surface area (Å²) in [6, 6.07) is 20.8. The van der Waals surface area contributed by atoms with E-state index in [0.717, 1.165) is 25.9 Å². The second-order valence-electron chi connectivity index (χ2n) is 6.70. The van der Waals surface area contributed by atoms with Gasteiger partial charge in [0.25, 0.3) is 0 Å². The number of nitrogens with zero attached hydrogens (tertiary/aromatic N) is 1. The average Bonchev–Trinajstić information content (AvgIpc) is 2.52. The lowest BCUT2D eigenvalue weighted by Gasteiger charge is -2.39. The highest BCUT2D eigenvalue weighted by atomic mass is 16.2. The molecule has 0 aromatic heterocycles. The Morgan fingerprint density at radius 1 is 0.955 bits per heavy atom. The smallest absolute Gasteiger partial charge is 0.223 e. The van der Waals surface area contributed by atoms with Crippen molar-refractivity contribution >= 4 is 5.91 Å². The molecule has 2 aromatic carbocycles. The van der Waals surface area contributed by atoms with Crippen LogP contribution in [0.1, 0.15) is 30.9 Å². The molecular weight excluding hydrogens is 270 g/mol. The van der Waals surface area contributed by atoms with Gasteiger partial charge >= 0.3 is 0 Å². The first-order valence-corrected chi connectivity index (χ1v) is 8.00. The molecule has 0 bridgehead atoms. The fourth-order valence-corrected chi connectivity index (χ4v) is 3.31. The third-order valence-corrected chi connectivity index (χ3v) is 4.61. The molecule has 2 heteroatoms. The van der Waals surface area contributed by atoms with Crippen molar-refractivity contribution in [2.45, 2.75) is 32.7 Å². The second-order valence-corrected chi connectivity index (χ2v) is 6.70. The van der Waals surface area contributed by atoms with E-state index >= 15 is 0 Å². The predicted molar refractivity (Wildman–Crippen MR) is 89.3 cm³/mol. The molecule has 1 fully saturated rings. The van der Waals surface area contributed by atoms with Crippen LogP contribution in [0.25, 0.3) is 0 Å². The molecule has 3 rings (SSSR count). The van der Waals surface area contributed by atoms with Gasteiger partial charge in [0.05, 0.1) is 0 Å². The third-order valence-electron chi connectivity index (χ3n) is 4.61. The molecule has 0 saturated carbocycles. The number of likely N-dealkylation sites (tertiary alicyclic amines) is 1. The van der Waals surface area contributed by atoms with E-state index in [1.54, 1.807) is 0 Å². The first-order chi connectivity index (χ1) is 10.6. The topological polar surface area (TPSA) is 20.3 Å². The third kappa shape index (κ3) is 3.56. The first-order valence-electron chi connectivity index (χ1n) is 8.00. The lowest BCUT2D eigenvalue weighted by molar-refractivity contribution is -0.138. The van der Waals surface area contributed by atoms with Crippen LogP contribution in [0.2, 0.25) is 0 Å². The summed E-state index contributed by atoms with van der Waals surface area (Å²) in [7, 11) is 0. The molecule has 0 spiro atoms. The quantitative estimate of drug-likeness (QED) is 0.832. The SMILES string of the molecule is CC1(Cc2ccccc2)CCN(Cc2ccccc2)C(=O)C1. The molecule has 0 radical (unpaired) electrons. The van der Waals surface area contributed by atoms with Gasteiger partial charge in [-0.05, 0) is 29.4 Å². The van der Waals surface area contributed by atoms with Gasteiger partial charge < -0.3 is 4.90 Å². The molecule has 1 unspecified atom stereocenters. The van der Waals surface area contributed by atoms with Crippen LogP contribution in [0, 0.1) is 5.41 Å². The monoisotopic (exact) mass is 293 g/mol. The molecule has 1 amide bonds. The van der Waals surface area contributed by atoms with Crippen LogP contribution in [-0.4, -0.2) is 17.4 Å². The zero-order chi connectivity index (χ0) is 15.4. The van der Waals surface area contributed by atoms with E-state index in [-0.39, 0.29) is 11.3 Å². The Kier molecular flexibility index (Phi) is 4.28. The van der Waals surface area contributed by atoms with Crippen molar-refractivity contribution in [1.29, 1.82) is 0 Å². The fourth-order valence-electron chi connectivity index (χ4n) is 3.31. The molecule has 0 N–H and O–H groups in total. The van der Waals surface area contributed by atoms with Gasteiger partial charge in [0.1, 0.15) is 0 Å². The van der Waals surface area contributed by atoms with Crippen LogP contribution in [-0.2, 0) is 17.8 Å². The van der Waals surface area contributed by atoms with E-state index < -0.39 is 0 Å². The van der Waals surface area contributed by atoms with Crippen molar-refractivity contribution in [2.24, 2.45) is 5.41 Å². The molecule has 1 atom stereocenters. The average molecular weight is 293 g/mol. The zero-order valence-corrected chi connectivity index (χ0v) is 13.2. The van der Waals surface area contributed by atoms with E-state index in [0.29, 0.717) is 6.42 Å². The van der Waals surface area contributed by atoms with E-state index in [1.807, 2.05) is 29.2 Å². The highest BCUT2D eigenvalue weighted by molar-refractivity contribution is 5.77. The fraction of sp³-hybridized carbons (Fsp3) is 0.350. The number of hydrogen-bond acceptors (Lipinski definition) is 1. The van der Waals surface area contributed by atoms with Crippen LogP contribution >= 0.6 is 0 Å². The molecular formula is C20H23NO. The summed E-state index contributed by atoms with van der Waals surface area (Å²) in [5, 5.41) is 0. The van der Waals surface area contributed by atoms with E-state index in [9.17, 15) is 4.79 Å². The van der Waals surface area contributed by atoms with Crippen molar-refractivity contribution < 1.29 is 4.79 Å². The molecule has 0 aliphatic carbocycles.